The quantitative estimate of drug-likeness (QED) is 0.734. The number of carbonyl (C=O) groups excluding carboxylic acids is 1. The summed E-state index contributed by atoms with van der Waals surface area (Å²) in [5, 5.41) is 10.3. The molecule has 2 atom stereocenters. The van der Waals surface area contributed by atoms with Crippen LogP contribution in [0.1, 0.15) is 27.6 Å². The number of carboxylic acid groups (broad SMARTS) is 1. The van der Waals surface area contributed by atoms with Gasteiger partial charge in [0.2, 0.25) is 5.78 Å². The number of hydrogen-bond acceptors (Lipinski definition) is 3. The fraction of sp³-hybridized carbons (Fsp3) is 0.111. The van der Waals surface area contributed by atoms with Gasteiger partial charge in [0.1, 0.15) is 11.5 Å². The molecule has 0 radical (unpaired) electrons. The molecule has 22 heavy (non-hydrogen) atoms. The van der Waals surface area contributed by atoms with Crippen molar-refractivity contribution in [2.45, 2.75) is 5.92 Å². The monoisotopic (exact) mass is 292 g/mol. The third-order valence-corrected chi connectivity index (χ3v) is 4.21. The Kier molecular flexibility index (Phi) is 2.66. The molecule has 4 heteroatoms. The molecular formula is C18H12O4. The average molecular weight is 292 g/mol. The van der Waals surface area contributed by atoms with Gasteiger partial charge in [0.25, 0.3) is 0 Å². The van der Waals surface area contributed by atoms with Gasteiger partial charge in [-0.05, 0) is 11.6 Å². The maximum absolute atomic E-state index is 12.5. The van der Waals surface area contributed by atoms with Crippen molar-refractivity contribution in [3.63, 3.8) is 0 Å². The van der Waals surface area contributed by atoms with E-state index in [1.165, 1.54) is 0 Å². The van der Waals surface area contributed by atoms with Gasteiger partial charge in [0.05, 0.1) is 0 Å². The number of carboxylic acids is 1. The fourth-order valence-corrected chi connectivity index (χ4v) is 3.29. The molecule has 3 aromatic rings. The molecule has 1 aliphatic carbocycles. The summed E-state index contributed by atoms with van der Waals surface area (Å²) in [5.41, 5.74) is 2.12. The lowest BCUT2D eigenvalue weighted by Crippen LogP contribution is -2.24. The van der Waals surface area contributed by atoms with E-state index in [2.05, 4.69) is 0 Å². The molecular weight excluding hydrogens is 280 g/mol. The van der Waals surface area contributed by atoms with Crippen molar-refractivity contribution in [1.82, 2.24) is 0 Å². The summed E-state index contributed by atoms with van der Waals surface area (Å²) in [5.74, 6) is -3.02. The Balaban J connectivity index is 2.02. The number of ketones is 1. The maximum Gasteiger partial charge on any atom is 0.315 e. The molecule has 0 amide bonds. The van der Waals surface area contributed by atoms with Crippen LogP contribution < -0.4 is 0 Å². The Morgan fingerprint density at radius 1 is 1.00 bits per heavy atom. The zero-order chi connectivity index (χ0) is 15.3. The molecule has 1 aromatic heterocycles. The van der Waals surface area contributed by atoms with Crippen LogP contribution in [0.15, 0.2) is 59.0 Å². The summed E-state index contributed by atoms with van der Waals surface area (Å²) >= 11 is 0. The molecule has 0 saturated heterocycles. The van der Waals surface area contributed by atoms with E-state index in [1.807, 2.05) is 48.5 Å². The van der Waals surface area contributed by atoms with Gasteiger partial charge in [-0.2, -0.15) is 0 Å². The smallest absolute Gasteiger partial charge is 0.315 e. The standard InChI is InChI=1S/C18H12O4/c19-16-15(18(20)21)13(10-6-2-1-3-7-10)14-11-8-4-5-9-12(11)22-17(14)16/h1-9,13,15H,(H,20,21)/t13-,15+/m1/s1. The van der Waals surface area contributed by atoms with E-state index in [4.69, 9.17) is 4.42 Å². The van der Waals surface area contributed by atoms with Gasteiger partial charge >= 0.3 is 5.97 Å². The summed E-state index contributed by atoms with van der Waals surface area (Å²) in [4.78, 5) is 24.2. The lowest BCUT2D eigenvalue weighted by molar-refractivity contribution is -0.140. The van der Waals surface area contributed by atoms with Crippen molar-refractivity contribution in [2.75, 3.05) is 0 Å². The second kappa shape index (κ2) is 4.56. The van der Waals surface area contributed by atoms with Crippen LogP contribution in [0.5, 0.6) is 0 Å². The number of rotatable bonds is 2. The first kappa shape index (κ1) is 12.8. The Bertz CT molecular complexity index is 892. The normalized spacial score (nSPS) is 20.3. The van der Waals surface area contributed by atoms with Crippen molar-refractivity contribution in [3.8, 4) is 0 Å². The van der Waals surface area contributed by atoms with Crippen molar-refractivity contribution in [1.29, 1.82) is 0 Å². The maximum atomic E-state index is 12.5. The summed E-state index contributed by atoms with van der Waals surface area (Å²) in [6, 6.07) is 16.6. The second-order valence-corrected chi connectivity index (χ2v) is 5.41. The number of benzene rings is 2. The number of Topliss-reactive ketones (excluding diaryl/α,β-unsaturated/α-hetero) is 1. The molecule has 0 aliphatic heterocycles. The van der Waals surface area contributed by atoms with Crippen LogP contribution in [0.25, 0.3) is 11.0 Å². The molecule has 1 N–H and O–H groups in total. The zero-order valence-electron chi connectivity index (χ0n) is 11.5. The number of para-hydroxylation sites is 1. The van der Waals surface area contributed by atoms with Gasteiger partial charge in [-0.1, -0.05) is 48.5 Å². The number of carbonyl (C=O) groups is 2. The number of aliphatic carboxylic acids is 1. The molecule has 0 spiro atoms. The molecule has 0 fully saturated rings. The summed E-state index contributed by atoms with van der Waals surface area (Å²) in [7, 11) is 0. The van der Waals surface area contributed by atoms with E-state index < -0.39 is 23.6 Å². The highest BCUT2D eigenvalue weighted by Crippen LogP contribution is 2.47. The van der Waals surface area contributed by atoms with Crippen LogP contribution in [-0.4, -0.2) is 16.9 Å². The zero-order valence-corrected chi connectivity index (χ0v) is 11.5. The third kappa shape index (κ3) is 1.64. The summed E-state index contributed by atoms with van der Waals surface area (Å²) < 4.78 is 5.64. The molecule has 2 aromatic carbocycles. The average Bonchev–Trinajstić information content (AvgIpc) is 3.04. The Labute approximate surface area is 126 Å². The van der Waals surface area contributed by atoms with Gasteiger partial charge in [0.15, 0.2) is 5.76 Å². The highest BCUT2D eigenvalue weighted by molar-refractivity contribution is 6.14. The van der Waals surface area contributed by atoms with Crippen molar-refractivity contribution >= 4 is 22.7 Å². The fourth-order valence-electron chi connectivity index (χ4n) is 3.29. The minimum absolute atomic E-state index is 0.183. The highest BCUT2D eigenvalue weighted by Gasteiger charge is 2.48. The Morgan fingerprint density at radius 2 is 1.68 bits per heavy atom. The topological polar surface area (TPSA) is 67.5 Å². The molecule has 4 nitrogen and oxygen atoms in total. The number of fused-ring (bicyclic) bond motifs is 3. The highest BCUT2D eigenvalue weighted by atomic mass is 16.4. The summed E-state index contributed by atoms with van der Waals surface area (Å²) in [6.45, 7) is 0. The van der Waals surface area contributed by atoms with Gasteiger partial charge in [-0.15, -0.1) is 0 Å². The first-order valence-corrected chi connectivity index (χ1v) is 7.02. The lowest BCUT2D eigenvalue weighted by Gasteiger charge is -2.16. The largest absolute Gasteiger partial charge is 0.481 e. The predicted octanol–water partition coefficient (Wildman–Crippen LogP) is 3.46. The summed E-state index contributed by atoms with van der Waals surface area (Å²) in [6.07, 6.45) is 0. The van der Waals surface area contributed by atoms with E-state index in [0.717, 1.165) is 10.9 Å². The van der Waals surface area contributed by atoms with Crippen LogP contribution in [0.4, 0.5) is 0 Å². The SMILES string of the molecule is O=C(O)[C@@H]1C(=O)c2oc3ccccc3c2[C@H]1c1ccccc1. The number of hydrogen-bond donors (Lipinski definition) is 1. The van der Waals surface area contributed by atoms with Gasteiger partial charge in [0, 0.05) is 16.9 Å². The van der Waals surface area contributed by atoms with E-state index in [1.54, 1.807) is 6.07 Å². The van der Waals surface area contributed by atoms with Gasteiger partial charge < -0.3 is 9.52 Å². The molecule has 1 heterocycles. The van der Waals surface area contributed by atoms with Crippen LogP contribution >= 0.6 is 0 Å². The first-order chi connectivity index (χ1) is 10.7. The van der Waals surface area contributed by atoms with E-state index >= 15 is 0 Å². The molecule has 1 aliphatic rings. The minimum Gasteiger partial charge on any atom is -0.481 e. The van der Waals surface area contributed by atoms with E-state index in [9.17, 15) is 14.7 Å². The molecule has 0 bridgehead atoms. The predicted molar refractivity (Wildman–Crippen MR) is 80.0 cm³/mol. The van der Waals surface area contributed by atoms with Crippen molar-refractivity contribution in [3.05, 3.63) is 71.5 Å². The molecule has 4 rings (SSSR count). The molecule has 108 valence electrons. The first-order valence-electron chi connectivity index (χ1n) is 7.02. The third-order valence-electron chi connectivity index (χ3n) is 4.21. The minimum atomic E-state index is -1.12. The molecule has 0 unspecified atom stereocenters. The van der Waals surface area contributed by atoms with E-state index in [0.29, 0.717) is 11.1 Å². The van der Waals surface area contributed by atoms with Crippen molar-refractivity contribution < 1.29 is 19.1 Å². The Hall–Kier alpha value is -2.88. The second-order valence-electron chi connectivity index (χ2n) is 5.41. The van der Waals surface area contributed by atoms with E-state index in [-0.39, 0.29) is 5.76 Å². The molecule has 0 saturated carbocycles. The Morgan fingerprint density at radius 3 is 2.41 bits per heavy atom. The van der Waals surface area contributed by atoms with Crippen LogP contribution in [0.2, 0.25) is 0 Å². The van der Waals surface area contributed by atoms with Crippen molar-refractivity contribution in [2.24, 2.45) is 5.92 Å². The van der Waals surface area contributed by atoms with Gasteiger partial charge in [-0.3, -0.25) is 9.59 Å². The van der Waals surface area contributed by atoms with Crippen LogP contribution in [0, 0.1) is 5.92 Å². The van der Waals surface area contributed by atoms with Crippen LogP contribution in [0.3, 0.4) is 0 Å². The van der Waals surface area contributed by atoms with Gasteiger partial charge in [-0.25, -0.2) is 0 Å². The lowest BCUT2D eigenvalue weighted by atomic mass is 9.84. The number of furan rings is 1. The van der Waals surface area contributed by atoms with Crippen LogP contribution in [-0.2, 0) is 4.79 Å².